The lowest BCUT2D eigenvalue weighted by atomic mass is 10.1. The van der Waals surface area contributed by atoms with E-state index in [9.17, 15) is 5.11 Å². The molecule has 0 saturated heterocycles. The van der Waals surface area contributed by atoms with Crippen molar-refractivity contribution >= 4 is 11.6 Å². The first-order valence-corrected chi connectivity index (χ1v) is 6.53. The normalized spacial score (nSPS) is 13.1. The van der Waals surface area contributed by atoms with Crippen LogP contribution < -0.4 is 5.32 Å². The van der Waals surface area contributed by atoms with Crippen LogP contribution in [0.15, 0.2) is 18.2 Å². The second kappa shape index (κ2) is 7.00. The van der Waals surface area contributed by atoms with Gasteiger partial charge in [0.2, 0.25) is 0 Å². The molecule has 0 fully saturated rings. The summed E-state index contributed by atoms with van der Waals surface area (Å²) in [5.74, 6) is 0.692. The minimum Gasteiger partial charge on any atom is -0.387 e. The van der Waals surface area contributed by atoms with Crippen molar-refractivity contribution in [3.63, 3.8) is 0 Å². The van der Waals surface area contributed by atoms with Gasteiger partial charge in [0.25, 0.3) is 0 Å². The smallest absolute Gasteiger partial charge is 0.0914 e. The van der Waals surface area contributed by atoms with E-state index in [-0.39, 0.29) is 0 Å². The van der Waals surface area contributed by atoms with Gasteiger partial charge in [-0.2, -0.15) is 0 Å². The van der Waals surface area contributed by atoms with E-state index >= 15 is 0 Å². The summed E-state index contributed by atoms with van der Waals surface area (Å²) in [6.45, 7) is 7.88. The van der Waals surface area contributed by atoms with Crippen LogP contribution in [0.3, 0.4) is 0 Å². The SMILES string of the molecule is Cc1cc(C(O)CNCCC(C)C)ccc1Cl. The maximum Gasteiger partial charge on any atom is 0.0914 e. The monoisotopic (exact) mass is 255 g/mol. The summed E-state index contributed by atoms with van der Waals surface area (Å²) in [5.41, 5.74) is 1.93. The van der Waals surface area contributed by atoms with Crippen LogP contribution >= 0.6 is 11.6 Å². The van der Waals surface area contributed by atoms with Gasteiger partial charge in [-0.15, -0.1) is 0 Å². The van der Waals surface area contributed by atoms with Crippen LogP contribution in [0.5, 0.6) is 0 Å². The van der Waals surface area contributed by atoms with Gasteiger partial charge in [0.05, 0.1) is 6.10 Å². The van der Waals surface area contributed by atoms with Crippen molar-refractivity contribution < 1.29 is 5.11 Å². The molecule has 0 aliphatic heterocycles. The number of nitrogens with one attached hydrogen (secondary N) is 1. The quantitative estimate of drug-likeness (QED) is 0.765. The van der Waals surface area contributed by atoms with E-state index in [1.54, 1.807) is 0 Å². The Morgan fingerprint density at radius 3 is 2.65 bits per heavy atom. The van der Waals surface area contributed by atoms with Gasteiger partial charge < -0.3 is 10.4 Å². The summed E-state index contributed by atoms with van der Waals surface area (Å²) in [6.07, 6.45) is 0.671. The van der Waals surface area contributed by atoms with Crippen LogP contribution in [-0.2, 0) is 0 Å². The number of hydrogen-bond donors (Lipinski definition) is 2. The zero-order valence-electron chi connectivity index (χ0n) is 10.8. The predicted molar refractivity (Wildman–Crippen MR) is 73.5 cm³/mol. The molecule has 0 amide bonds. The van der Waals surface area contributed by atoms with Crippen LogP contribution in [0.2, 0.25) is 5.02 Å². The van der Waals surface area contributed by atoms with E-state index in [1.165, 1.54) is 0 Å². The first kappa shape index (κ1) is 14.5. The summed E-state index contributed by atoms with van der Waals surface area (Å²) >= 11 is 5.95. The molecule has 0 radical (unpaired) electrons. The van der Waals surface area contributed by atoms with Gasteiger partial charge in [-0.1, -0.05) is 37.6 Å². The number of benzene rings is 1. The molecule has 0 spiro atoms. The highest BCUT2D eigenvalue weighted by atomic mass is 35.5. The highest BCUT2D eigenvalue weighted by Crippen LogP contribution is 2.20. The average Bonchev–Trinajstić information content (AvgIpc) is 2.27. The van der Waals surface area contributed by atoms with Crippen molar-refractivity contribution in [1.29, 1.82) is 0 Å². The molecule has 2 N–H and O–H groups in total. The van der Waals surface area contributed by atoms with E-state index in [0.717, 1.165) is 29.1 Å². The van der Waals surface area contributed by atoms with Crippen LogP contribution in [-0.4, -0.2) is 18.2 Å². The number of aliphatic hydroxyl groups excluding tert-OH is 1. The molecule has 1 aromatic rings. The summed E-state index contributed by atoms with van der Waals surface area (Å²) in [4.78, 5) is 0. The Morgan fingerprint density at radius 2 is 2.06 bits per heavy atom. The maximum atomic E-state index is 10.00. The van der Waals surface area contributed by atoms with Crippen molar-refractivity contribution in [1.82, 2.24) is 5.32 Å². The van der Waals surface area contributed by atoms with Gasteiger partial charge in [-0.3, -0.25) is 0 Å². The summed E-state index contributed by atoms with van der Waals surface area (Å²) in [7, 11) is 0. The van der Waals surface area contributed by atoms with Crippen molar-refractivity contribution in [2.75, 3.05) is 13.1 Å². The molecular weight excluding hydrogens is 234 g/mol. The Hall–Kier alpha value is -0.570. The molecule has 0 heterocycles. The molecule has 1 rings (SSSR count). The van der Waals surface area contributed by atoms with Gasteiger partial charge in [0.1, 0.15) is 0 Å². The molecule has 0 aliphatic carbocycles. The Labute approximate surface area is 109 Å². The van der Waals surface area contributed by atoms with Crippen LogP contribution in [0.4, 0.5) is 0 Å². The van der Waals surface area contributed by atoms with Gasteiger partial charge >= 0.3 is 0 Å². The molecular formula is C14H22ClNO. The van der Waals surface area contributed by atoms with E-state index in [4.69, 9.17) is 11.6 Å². The lowest BCUT2D eigenvalue weighted by Crippen LogP contribution is -2.23. The number of aliphatic hydroxyl groups is 1. The van der Waals surface area contributed by atoms with Crippen molar-refractivity contribution in [2.24, 2.45) is 5.92 Å². The molecule has 0 bridgehead atoms. The molecule has 96 valence electrons. The highest BCUT2D eigenvalue weighted by molar-refractivity contribution is 6.31. The van der Waals surface area contributed by atoms with Gasteiger partial charge in [0, 0.05) is 11.6 Å². The molecule has 2 nitrogen and oxygen atoms in total. The highest BCUT2D eigenvalue weighted by Gasteiger charge is 2.08. The molecule has 17 heavy (non-hydrogen) atoms. The molecule has 0 saturated carbocycles. The van der Waals surface area contributed by atoms with Crippen molar-refractivity contribution in [2.45, 2.75) is 33.3 Å². The summed E-state index contributed by atoms with van der Waals surface area (Å²) in [5, 5.41) is 14.0. The number of rotatable bonds is 6. The number of halogens is 1. The number of hydrogen-bond acceptors (Lipinski definition) is 2. The van der Waals surface area contributed by atoms with E-state index in [2.05, 4.69) is 19.2 Å². The molecule has 1 unspecified atom stereocenters. The summed E-state index contributed by atoms with van der Waals surface area (Å²) in [6, 6.07) is 5.66. The minimum absolute atomic E-state index is 0.460. The second-order valence-corrected chi connectivity index (χ2v) is 5.32. The van der Waals surface area contributed by atoms with Gasteiger partial charge in [-0.25, -0.2) is 0 Å². The zero-order chi connectivity index (χ0) is 12.8. The van der Waals surface area contributed by atoms with E-state index in [1.807, 2.05) is 25.1 Å². The first-order valence-electron chi connectivity index (χ1n) is 6.15. The largest absolute Gasteiger partial charge is 0.387 e. The Morgan fingerprint density at radius 1 is 1.35 bits per heavy atom. The van der Waals surface area contributed by atoms with E-state index < -0.39 is 6.10 Å². The Kier molecular flexibility index (Phi) is 5.96. The third-order valence-electron chi connectivity index (χ3n) is 2.80. The van der Waals surface area contributed by atoms with Crippen LogP contribution in [0.1, 0.15) is 37.5 Å². The number of aryl methyl sites for hydroxylation is 1. The predicted octanol–water partition coefficient (Wildman–Crippen LogP) is 3.32. The lowest BCUT2D eigenvalue weighted by Gasteiger charge is -2.14. The molecule has 1 atom stereocenters. The second-order valence-electron chi connectivity index (χ2n) is 4.91. The van der Waals surface area contributed by atoms with E-state index in [0.29, 0.717) is 12.5 Å². The fourth-order valence-electron chi connectivity index (χ4n) is 1.62. The minimum atomic E-state index is -0.460. The van der Waals surface area contributed by atoms with Crippen LogP contribution in [0, 0.1) is 12.8 Å². The standard InChI is InChI=1S/C14H22ClNO/c1-10(2)6-7-16-9-14(17)12-4-5-13(15)11(3)8-12/h4-5,8,10,14,16-17H,6-7,9H2,1-3H3. The molecule has 3 heteroatoms. The molecule has 0 aromatic heterocycles. The lowest BCUT2D eigenvalue weighted by molar-refractivity contribution is 0.174. The summed E-state index contributed by atoms with van der Waals surface area (Å²) < 4.78 is 0. The van der Waals surface area contributed by atoms with Crippen molar-refractivity contribution in [3.05, 3.63) is 34.3 Å². The molecule has 0 aliphatic rings. The third-order valence-corrected chi connectivity index (χ3v) is 3.23. The zero-order valence-corrected chi connectivity index (χ0v) is 11.6. The third kappa shape index (κ3) is 5.07. The fraction of sp³-hybridized carbons (Fsp3) is 0.571. The van der Waals surface area contributed by atoms with Gasteiger partial charge in [0.15, 0.2) is 0 Å². The maximum absolute atomic E-state index is 10.00. The first-order chi connectivity index (χ1) is 8.00. The Bertz CT molecular complexity index is 352. The van der Waals surface area contributed by atoms with Crippen molar-refractivity contribution in [3.8, 4) is 0 Å². The average molecular weight is 256 g/mol. The fourth-order valence-corrected chi connectivity index (χ4v) is 1.74. The topological polar surface area (TPSA) is 32.3 Å². The van der Waals surface area contributed by atoms with Crippen LogP contribution in [0.25, 0.3) is 0 Å². The van der Waals surface area contributed by atoms with Gasteiger partial charge in [-0.05, 0) is 43.0 Å². The molecule has 1 aromatic carbocycles. The Balaban J connectivity index is 2.41.